The van der Waals surface area contributed by atoms with Crippen molar-refractivity contribution in [2.75, 3.05) is 13.2 Å². The van der Waals surface area contributed by atoms with E-state index in [2.05, 4.69) is 13.8 Å². The van der Waals surface area contributed by atoms with Crippen LogP contribution in [0.5, 0.6) is 0 Å². The zero-order chi connectivity index (χ0) is 11.6. The van der Waals surface area contributed by atoms with Crippen LogP contribution in [0.2, 0.25) is 0 Å². The molecular formula is C12H23N2O2+. The molecule has 0 amide bonds. The minimum atomic E-state index is 0.621. The summed E-state index contributed by atoms with van der Waals surface area (Å²) in [5, 5.41) is 0. The van der Waals surface area contributed by atoms with Gasteiger partial charge in [0, 0.05) is 0 Å². The van der Waals surface area contributed by atoms with Crippen molar-refractivity contribution in [1.29, 1.82) is 0 Å². The normalized spacial score (nSPS) is 10.9. The molecule has 16 heavy (non-hydrogen) atoms. The predicted molar refractivity (Wildman–Crippen MR) is 61.7 cm³/mol. The van der Waals surface area contributed by atoms with Gasteiger partial charge in [-0.15, -0.1) is 0 Å². The molecule has 4 heteroatoms. The van der Waals surface area contributed by atoms with Crippen LogP contribution < -0.4 is 4.57 Å². The lowest BCUT2D eigenvalue weighted by molar-refractivity contribution is -0.732. The summed E-state index contributed by atoms with van der Waals surface area (Å²) in [5.74, 6) is 0. The Hall–Kier alpha value is -0.870. The van der Waals surface area contributed by atoms with E-state index >= 15 is 0 Å². The smallest absolute Gasteiger partial charge is 0.247 e. The standard InChI is InChI=1S/C12H23N2O2/c1-3-5-9-16-12-14-7-6-13(10-14)11-15-8-4-2/h6-7,10H,3-5,8-9,11-12H2,1-2H3/q+1. The number of ether oxygens (including phenoxy) is 2. The van der Waals surface area contributed by atoms with E-state index in [-0.39, 0.29) is 0 Å². The predicted octanol–water partition coefficient (Wildman–Crippen LogP) is 1.93. The van der Waals surface area contributed by atoms with Crippen molar-refractivity contribution in [2.45, 2.75) is 46.6 Å². The van der Waals surface area contributed by atoms with Crippen LogP contribution in [0.25, 0.3) is 0 Å². The molecule has 0 fully saturated rings. The van der Waals surface area contributed by atoms with E-state index in [4.69, 9.17) is 9.47 Å². The van der Waals surface area contributed by atoms with Crippen LogP contribution in [0.15, 0.2) is 18.7 Å². The van der Waals surface area contributed by atoms with E-state index in [0.717, 1.165) is 26.1 Å². The molecule has 0 aliphatic carbocycles. The number of hydrogen-bond acceptors (Lipinski definition) is 2. The largest absolute Gasteiger partial charge is 0.342 e. The molecule has 0 bridgehead atoms. The lowest BCUT2D eigenvalue weighted by atomic mass is 10.4. The molecule has 1 aromatic heterocycles. The molecule has 0 N–H and O–H groups in total. The average molecular weight is 227 g/mol. The van der Waals surface area contributed by atoms with Crippen molar-refractivity contribution < 1.29 is 14.0 Å². The fourth-order valence-corrected chi connectivity index (χ4v) is 1.32. The van der Waals surface area contributed by atoms with Gasteiger partial charge in [0.1, 0.15) is 12.4 Å². The summed E-state index contributed by atoms with van der Waals surface area (Å²) >= 11 is 0. The lowest BCUT2D eigenvalue weighted by Crippen LogP contribution is -2.32. The monoisotopic (exact) mass is 227 g/mol. The Kier molecular flexibility index (Phi) is 6.85. The van der Waals surface area contributed by atoms with Crippen LogP contribution >= 0.6 is 0 Å². The molecule has 1 heterocycles. The fraction of sp³-hybridized carbons (Fsp3) is 0.750. The first kappa shape index (κ1) is 13.2. The summed E-state index contributed by atoms with van der Waals surface area (Å²) in [6.45, 7) is 7.16. The summed E-state index contributed by atoms with van der Waals surface area (Å²) in [4.78, 5) is 0. The van der Waals surface area contributed by atoms with E-state index in [0.29, 0.717) is 13.5 Å². The highest BCUT2D eigenvalue weighted by Gasteiger charge is 2.02. The molecule has 0 radical (unpaired) electrons. The SMILES string of the molecule is CCCCOCn1cc[n+](COCCC)c1. The number of nitrogens with zero attached hydrogens (tertiary/aromatic N) is 2. The van der Waals surface area contributed by atoms with Crippen molar-refractivity contribution in [1.82, 2.24) is 4.57 Å². The van der Waals surface area contributed by atoms with Crippen molar-refractivity contribution in [3.05, 3.63) is 18.7 Å². The highest BCUT2D eigenvalue weighted by atomic mass is 16.5. The van der Waals surface area contributed by atoms with Gasteiger partial charge in [-0.1, -0.05) is 20.3 Å². The van der Waals surface area contributed by atoms with Crippen LogP contribution in [0, 0.1) is 0 Å². The first-order valence-corrected chi connectivity index (χ1v) is 6.07. The van der Waals surface area contributed by atoms with Gasteiger partial charge >= 0.3 is 0 Å². The van der Waals surface area contributed by atoms with Gasteiger partial charge in [0.05, 0.1) is 13.2 Å². The maximum atomic E-state index is 5.51. The Morgan fingerprint density at radius 3 is 2.75 bits per heavy atom. The van der Waals surface area contributed by atoms with Crippen molar-refractivity contribution in [3.8, 4) is 0 Å². The summed E-state index contributed by atoms with van der Waals surface area (Å²) in [6.07, 6.45) is 9.36. The van der Waals surface area contributed by atoms with Crippen LogP contribution in [0.1, 0.15) is 33.1 Å². The molecule has 1 aromatic rings. The highest BCUT2D eigenvalue weighted by molar-refractivity contribution is 4.63. The first-order chi connectivity index (χ1) is 7.86. The topological polar surface area (TPSA) is 27.3 Å². The second-order valence-corrected chi connectivity index (χ2v) is 3.87. The molecule has 0 saturated heterocycles. The molecule has 4 nitrogen and oxygen atoms in total. The highest BCUT2D eigenvalue weighted by Crippen LogP contribution is 1.91. The second kappa shape index (κ2) is 8.30. The van der Waals surface area contributed by atoms with E-state index in [1.54, 1.807) is 0 Å². The summed E-state index contributed by atoms with van der Waals surface area (Å²) in [5.41, 5.74) is 0. The van der Waals surface area contributed by atoms with Gasteiger partial charge in [-0.25, -0.2) is 9.13 Å². The van der Waals surface area contributed by atoms with Gasteiger partial charge in [0.15, 0.2) is 13.5 Å². The maximum absolute atomic E-state index is 5.51. The molecule has 1 rings (SSSR count). The van der Waals surface area contributed by atoms with Gasteiger partial charge < -0.3 is 9.47 Å². The zero-order valence-corrected chi connectivity index (χ0v) is 10.4. The van der Waals surface area contributed by atoms with E-state index in [1.807, 2.05) is 27.9 Å². The van der Waals surface area contributed by atoms with Crippen molar-refractivity contribution in [2.24, 2.45) is 0 Å². The first-order valence-electron chi connectivity index (χ1n) is 6.07. The van der Waals surface area contributed by atoms with Gasteiger partial charge in [-0.3, -0.25) is 0 Å². The van der Waals surface area contributed by atoms with Crippen LogP contribution in [0.3, 0.4) is 0 Å². The third-order valence-electron chi connectivity index (χ3n) is 2.22. The molecular weight excluding hydrogens is 204 g/mol. The molecule has 0 aromatic carbocycles. The maximum Gasteiger partial charge on any atom is 0.247 e. The molecule has 0 atom stereocenters. The Bertz CT molecular complexity index is 274. The number of imidazole rings is 1. The third-order valence-corrected chi connectivity index (χ3v) is 2.22. The van der Waals surface area contributed by atoms with E-state index in [9.17, 15) is 0 Å². The fourth-order valence-electron chi connectivity index (χ4n) is 1.32. The minimum absolute atomic E-state index is 0.621. The number of rotatable bonds is 9. The van der Waals surface area contributed by atoms with Crippen LogP contribution in [0.4, 0.5) is 0 Å². The third kappa shape index (κ3) is 5.28. The minimum Gasteiger partial charge on any atom is -0.342 e. The number of hydrogen-bond donors (Lipinski definition) is 0. The van der Waals surface area contributed by atoms with Crippen LogP contribution in [-0.2, 0) is 22.9 Å². The number of unbranched alkanes of at least 4 members (excludes halogenated alkanes) is 1. The van der Waals surface area contributed by atoms with Gasteiger partial charge in [0.2, 0.25) is 6.33 Å². The van der Waals surface area contributed by atoms with E-state index in [1.165, 1.54) is 6.42 Å². The quantitative estimate of drug-likeness (QED) is 0.476. The summed E-state index contributed by atoms with van der Waals surface area (Å²) in [6, 6.07) is 0. The van der Waals surface area contributed by atoms with Gasteiger partial charge in [-0.05, 0) is 12.8 Å². The molecule has 0 unspecified atom stereocenters. The zero-order valence-electron chi connectivity index (χ0n) is 10.4. The molecule has 0 saturated carbocycles. The Morgan fingerprint density at radius 1 is 1.12 bits per heavy atom. The van der Waals surface area contributed by atoms with Crippen molar-refractivity contribution in [3.63, 3.8) is 0 Å². The van der Waals surface area contributed by atoms with Crippen LogP contribution in [-0.4, -0.2) is 17.8 Å². The molecule has 0 aliphatic heterocycles. The summed E-state index contributed by atoms with van der Waals surface area (Å²) in [7, 11) is 0. The Labute approximate surface area is 97.8 Å². The molecule has 0 aliphatic rings. The number of aromatic nitrogens is 2. The summed E-state index contributed by atoms with van der Waals surface area (Å²) < 4.78 is 15.0. The second-order valence-electron chi connectivity index (χ2n) is 3.87. The van der Waals surface area contributed by atoms with E-state index < -0.39 is 0 Å². The van der Waals surface area contributed by atoms with Crippen molar-refractivity contribution >= 4 is 0 Å². The Morgan fingerprint density at radius 2 is 2.00 bits per heavy atom. The average Bonchev–Trinajstić information content (AvgIpc) is 2.73. The van der Waals surface area contributed by atoms with Gasteiger partial charge in [-0.2, -0.15) is 0 Å². The molecule has 92 valence electrons. The lowest BCUT2D eigenvalue weighted by Gasteiger charge is -1.99. The Balaban J connectivity index is 2.17. The molecule has 0 spiro atoms. The van der Waals surface area contributed by atoms with Gasteiger partial charge in [0.25, 0.3) is 0 Å².